The van der Waals surface area contributed by atoms with Gasteiger partial charge in [0.05, 0.1) is 20.8 Å². The van der Waals surface area contributed by atoms with Crippen LogP contribution in [-0.2, 0) is 0 Å². The minimum atomic E-state index is 0.568. The van der Waals surface area contributed by atoms with Crippen LogP contribution in [0.4, 0.5) is 0 Å². The predicted octanol–water partition coefficient (Wildman–Crippen LogP) is 25.5. The Kier molecular flexibility index (Phi) is 36.7. The van der Waals surface area contributed by atoms with Gasteiger partial charge in [-0.25, -0.2) is 0 Å². The van der Waals surface area contributed by atoms with Crippen molar-refractivity contribution in [2.75, 3.05) is 13.2 Å². The molecule has 0 bridgehead atoms. The number of halogens is 2. The number of ether oxygens (including phenoxy) is 2. The Hall–Kier alpha value is -1.34. The van der Waals surface area contributed by atoms with E-state index >= 15 is 0 Å². The van der Waals surface area contributed by atoms with Crippen molar-refractivity contribution in [1.82, 2.24) is 0 Å². The summed E-state index contributed by atoms with van der Waals surface area (Å²) in [5, 5.41) is 2.37. The maximum atomic E-state index is 7.33. The molecule has 0 saturated carbocycles. The lowest BCUT2D eigenvalue weighted by molar-refractivity contribution is 0.225. The first-order valence-corrected chi connectivity index (χ1v) is 34.1. The van der Waals surface area contributed by atoms with Crippen molar-refractivity contribution in [1.29, 1.82) is 0 Å². The van der Waals surface area contributed by atoms with Gasteiger partial charge in [-0.1, -0.05) is 259 Å². The zero-order chi connectivity index (χ0) is 51.1. The van der Waals surface area contributed by atoms with Gasteiger partial charge in [0.2, 0.25) is 0 Å². The lowest BCUT2D eigenvalue weighted by Crippen LogP contribution is -2.14. The van der Waals surface area contributed by atoms with Gasteiger partial charge in [0.25, 0.3) is 0 Å². The Bertz CT molecular complexity index is 1760. The van der Waals surface area contributed by atoms with Crippen LogP contribution in [0, 0.1) is 11.8 Å². The first-order valence-electron chi connectivity index (χ1n) is 30.9. The molecule has 0 spiro atoms. The Morgan fingerprint density at radius 2 is 0.569 bits per heavy atom. The van der Waals surface area contributed by atoms with Crippen molar-refractivity contribution in [2.24, 2.45) is 11.8 Å². The maximum absolute atomic E-state index is 7.33. The lowest BCUT2D eigenvalue weighted by Gasteiger charge is -2.23. The van der Waals surface area contributed by atoms with Crippen LogP contribution in [0.2, 0.25) is 0 Å². The molecule has 6 heteroatoms. The second kappa shape index (κ2) is 41.8. The Labute approximate surface area is 469 Å². The monoisotopic (exact) mass is 1150 g/mol. The van der Waals surface area contributed by atoms with E-state index in [0.29, 0.717) is 11.8 Å². The van der Waals surface area contributed by atoms with Gasteiger partial charge < -0.3 is 9.47 Å². The summed E-state index contributed by atoms with van der Waals surface area (Å²) in [7, 11) is 0. The molecule has 0 aliphatic carbocycles. The first kappa shape index (κ1) is 63.2. The summed E-state index contributed by atoms with van der Waals surface area (Å²) in [6, 6.07) is 18.3. The fourth-order valence-corrected chi connectivity index (χ4v) is 13.8. The molecule has 4 rings (SSSR count). The van der Waals surface area contributed by atoms with E-state index in [2.05, 4.69) is 108 Å². The molecule has 0 aliphatic rings. The van der Waals surface area contributed by atoms with Crippen LogP contribution in [0.5, 0.6) is 11.5 Å². The predicted molar refractivity (Wildman–Crippen MR) is 331 cm³/mol. The molecule has 0 saturated heterocycles. The molecule has 2 nitrogen and oxygen atoms in total. The highest BCUT2D eigenvalue weighted by atomic mass is 79.9. The fraction of sp³-hybridized carbons (Fsp3) is 0.727. The largest absolute Gasteiger partial charge is 0.492 e. The number of rotatable bonds is 48. The highest BCUT2D eigenvalue weighted by molar-refractivity contribution is 9.11. The molecule has 4 aromatic rings. The fourth-order valence-electron chi connectivity index (χ4n) is 11.0. The first-order chi connectivity index (χ1) is 35.5. The zero-order valence-corrected chi connectivity index (χ0v) is 51.7. The summed E-state index contributed by atoms with van der Waals surface area (Å²) in [4.78, 5) is 2.51. The molecule has 0 amide bonds. The van der Waals surface area contributed by atoms with Gasteiger partial charge >= 0.3 is 0 Å². The zero-order valence-electron chi connectivity index (χ0n) is 46.9. The van der Waals surface area contributed by atoms with Gasteiger partial charge in [-0.3, -0.25) is 0 Å². The minimum absolute atomic E-state index is 0.568. The molecule has 0 N–H and O–H groups in total. The van der Waals surface area contributed by atoms with Crippen LogP contribution in [0.1, 0.15) is 285 Å². The SMILES string of the molecule is CCCCCCCCCCCCC(CCCCCCCCCC)COc1c(-c2ccc(Br)s2)ccc2c(OCC(CCCCCCCCCC)CCCCCCCCCCCC)c(-c3ccc(Br)s3)ccc12. The van der Waals surface area contributed by atoms with Gasteiger partial charge in [-0.05, 0) is 118 Å². The van der Waals surface area contributed by atoms with E-state index < -0.39 is 0 Å². The molecule has 0 aliphatic heterocycles. The van der Waals surface area contributed by atoms with Crippen molar-refractivity contribution in [3.05, 3.63) is 56.1 Å². The molecule has 0 radical (unpaired) electrons. The Morgan fingerprint density at radius 1 is 0.319 bits per heavy atom. The topological polar surface area (TPSA) is 18.5 Å². The summed E-state index contributed by atoms with van der Waals surface area (Å²) in [5.74, 6) is 3.21. The summed E-state index contributed by atoms with van der Waals surface area (Å²) in [5.41, 5.74) is 2.41. The van der Waals surface area contributed by atoms with E-state index in [4.69, 9.17) is 9.47 Å². The molecule has 0 fully saturated rings. The normalized spacial score (nSPS) is 12.6. The van der Waals surface area contributed by atoms with E-state index in [-0.39, 0.29) is 0 Å². The van der Waals surface area contributed by atoms with Crippen LogP contribution < -0.4 is 9.47 Å². The summed E-state index contributed by atoms with van der Waals surface area (Å²) in [6.45, 7) is 10.8. The molecule has 408 valence electrons. The smallest absolute Gasteiger partial charge is 0.135 e. The highest BCUT2D eigenvalue weighted by Crippen LogP contribution is 2.48. The number of hydrogen-bond acceptors (Lipinski definition) is 4. The van der Waals surface area contributed by atoms with Crippen LogP contribution >= 0.6 is 54.5 Å². The van der Waals surface area contributed by atoms with Crippen LogP contribution in [0.15, 0.2) is 56.1 Å². The van der Waals surface area contributed by atoms with Gasteiger partial charge in [0.15, 0.2) is 0 Å². The molecule has 72 heavy (non-hydrogen) atoms. The van der Waals surface area contributed by atoms with Crippen molar-refractivity contribution in [3.8, 4) is 32.4 Å². The third kappa shape index (κ3) is 26.6. The number of benzene rings is 2. The summed E-state index contributed by atoms with van der Waals surface area (Å²) >= 11 is 11.2. The molecular weight excluding hydrogens is 1050 g/mol. The Balaban J connectivity index is 1.56. The van der Waals surface area contributed by atoms with E-state index in [0.717, 1.165) is 32.3 Å². The lowest BCUT2D eigenvalue weighted by atomic mass is 9.94. The van der Waals surface area contributed by atoms with Crippen LogP contribution in [0.3, 0.4) is 0 Å². The second-order valence-corrected chi connectivity index (χ2v) is 26.9. The van der Waals surface area contributed by atoms with Crippen LogP contribution in [-0.4, -0.2) is 13.2 Å². The molecule has 2 unspecified atom stereocenters. The maximum Gasteiger partial charge on any atom is 0.135 e. The molecule has 2 heterocycles. The van der Waals surface area contributed by atoms with E-state index in [1.807, 2.05) is 22.7 Å². The van der Waals surface area contributed by atoms with Gasteiger partial charge in [0, 0.05) is 31.7 Å². The number of unbranched alkanes of at least 4 members (excludes halogenated alkanes) is 32. The third-order valence-corrected chi connectivity index (χ3v) is 18.9. The quantitative estimate of drug-likeness (QED) is 0.0411. The second-order valence-electron chi connectivity index (χ2n) is 22.0. The van der Waals surface area contributed by atoms with E-state index in [1.165, 1.54) is 288 Å². The van der Waals surface area contributed by atoms with Crippen LogP contribution in [0.25, 0.3) is 31.7 Å². The number of fused-ring (bicyclic) bond motifs is 1. The average Bonchev–Trinajstić information content (AvgIpc) is 4.04. The van der Waals surface area contributed by atoms with Crippen molar-refractivity contribution in [2.45, 2.75) is 285 Å². The van der Waals surface area contributed by atoms with Gasteiger partial charge in [0.1, 0.15) is 11.5 Å². The van der Waals surface area contributed by atoms with Crippen molar-refractivity contribution < 1.29 is 9.47 Å². The number of hydrogen-bond donors (Lipinski definition) is 0. The molecular formula is C66H106Br2O2S2. The molecule has 2 atom stereocenters. The Morgan fingerprint density at radius 3 is 0.806 bits per heavy atom. The summed E-state index contributed by atoms with van der Waals surface area (Å²) < 4.78 is 17.0. The van der Waals surface area contributed by atoms with E-state index in [1.54, 1.807) is 0 Å². The molecule has 2 aromatic carbocycles. The van der Waals surface area contributed by atoms with Gasteiger partial charge in [-0.2, -0.15) is 0 Å². The van der Waals surface area contributed by atoms with Crippen molar-refractivity contribution >= 4 is 65.3 Å². The summed E-state index contributed by atoms with van der Waals surface area (Å²) in [6.07, 6.45) is 54.7. The average molecular weight is 1160 g/mol. The third-order valence-electron chi connectivity index (χ3n) is 15.6. The molecule has 2 aromatic heterocycles. The van der Waals surface area contributed by atoms with Gasteiger partial charge in [-0.15, -0.1) is 22.7 Å². The highest BCUT2D eigenvalue weighted by Gasteiger charge is 2.22. The van der Waals surface area contributed by atoms with E-state index in [9.17, 15) is 0 Å². The minimum Gasteiger partial charge on any atom is -0.492 e. The number of thiophene rings is 2. The van der Waals surface area contributed by atoms with Crippen molar-refractivity contribution in [3.63, 3.8) is 0 Å². The standard InChI is InChI=1S/C66H106Br2O2S2/c1-5-9-13-17-21-25-27-31-35-39-43-55(41-37-33-29-23-19-15-11-7-3)53-69-65-57-45-48-60(62-50-52-64(68)72-62)66(58(57)46-47-59(65)61-49-51-63(67)71-61)70-54-56(42-38-34-30-24-20-16-12-8-4)44-40-36-32-28-26-22-18-14-10-6-2/h45-52,55-56H,5-44,53-54H2,1-4H3.